The van der Waals surface area contributed by atoms with Gasteiger partial charge in [0.25, 0.3) is 10.2 Å². The average molecular weight is 453 g/mol. The Morgan fingerprint density at radius 2 is 2.03 bits per heavy atom. The van der Waals surface area contributed by atoms with Crippen LogP contribution in [0.3, 0.4) is 0 Å². The summed E-state index contributed by atoms with van der Waals surface area (Å²) >= 11 is 1.49. The minimum atomic E-state index is -3.69. The molecule has 0 bridgehead atoms. The van der Waals surface area contributed by atoms with Crippen LogP contribution in [-0.2, 0) is 16.8 Å². The molecule has 11 nitrogen and oxygen atoms in total. The third-order valence-corrected chi connectivity index (χ3v) is 6.00. The second kappa shape index (κ2) is 9.57. The Hall–Kier alpha value is -2.45. The molecule has 0 unspecified atom stereocenters. The van der Waals surface area contributed by atoms with Gasteiger partial charge in [-0.15, -0.1) is 0 Å². The molecule has 2 heterocycles. The number of nitrogens with zero attached hydrogens (tertiary/aromatic N) is 4. The molecule has 0 aliphatic carbocycles. The molecule has 0 aliphatic heterocycles. The Morgan fingerprint density at radius 1 is 1.23 bits per heavy atom. The van der Waals surface area contributed by atoms with Crippen molar-refractivity contribution in [1.82, 2.24) is 29.6 Å². The smallest absolute Gasteiger partial charge is 0.274 e. The van der Waals surface area contributed by atoms with E-state index in [2.05, 4.69) is 25.0 Å². The molecule has 3 aromatic rings. The van der Waals surface area contributed by atoms with E-state index in [0.717, 1.165) is 21.4 Å². The highest BCUT2D eigenvalue weighted by molar-refractivity contribution is 7.99. The number of benzene rings is 1. The highest BCUT2D eigenvalue weighted by Crippen LogP contribution is 2.34. The number of imidazole rings is 1. The SMILES string of the molecule is COc1ccc(C)c(Sc2nc3c(N)ncnc3n2CCNCCNS(N)(=O)=O)c1. The zero-order chi connectivity index (χ0) is 21.7. The molecule has 0 saturated carbocycles. The van der Waals surface area contributed by atoms with Crippen molar-refractivity contribution in [2.75, 3.05) is 32.5 Å². The number of nitrogens with two attached hydrogens (primary N) is 2. The summed E-state index contributed by atoms with van der Waals surface area (Å²) in [6.07, 6.45) is 1.41. The van der Waals surface area contributed by atoms with Crippen LogP contribution in [0, 0.1) is 6.92 Å². The predicted octanol–water partition coefficient (Wildman–Crippen LogP) is 0.259. The van der Waals surface area contributed by atoms with Gasteiger partial charge in [-0.3, -0.25) is 0 Å². The van der Waals surface area contributed by atoms with Crippen molar-refractivity contribution in [3.63, 3.8) is 0 Å². The van der Waals surface area contributed by atoms with E-state index in [9.17, 15) is 8.42 Å². The van der Waals surface area contributed by atoms with Gasteiger partial charge in [-0.2, -0.15) is 8.42 Å². The lowest BCUT2D eigenvalue weighted by atomic mass is 10.2. The number of aryl methyl sites for hydroxylation is 1. The summed E-state index contributed by atoms with van der Waals surface area (Å²) in [6.45, 7) is 3.75. The highest BCUT2D eigenvalue weighted by atomic mass is 32.2. The van der Waals surface area contributed by atoms with Crippen molar-refractivity contribution in [3.05, 3.63) is 30.1 Å². The summed E-state index contributed by atoms with van der Waals surface area (Å²) < 4.78 is 31.3. The third-order valence-electron chi connectivity index (χ3n) is 4.24. The quantitative estimate of drug-likeness (QED) is 0.316. The number of ether oxygens (including phenoxy) is 1. The largest absolute Gasteiger partial charge is 0.497 e. The molecule has 0 atom stereocenters. The van der Waals surface area contributed by atoms with Gasteiger partial charge in [-0.1, -0.05) is 17.8 Å². The lowest BCUT2D eigenvalue weighted by molar-refractivity contribution is 0.413. The maximum Gasteiger partial charge on any atom is 0.274 e. The van der Waals surface area contributed by atoms with Crippen molar-refractivity contribution < 1.29 is 13.2 Å². The molecule has 3 rings (SSSR count). The summed E-state index contributed by atoms with van der Waals surface area (Å²) in [5.74, 6) is 1.07. The number of nitrogens with one attached hydrogen (secondary N) is 2. The second-order valence-electron chi connectivity index (χ2n) is 6.40. The van der Waals surface area contributed by atoms with Gasteiger partial charge in [0.2, 0.25) is 0 Å². The maximum absolute atomic E-state index is 10.9. The Balaban J connectivity index is 1.79. The first kappa shape index (κ1) is 22.2. The normalized spacial score (nSPS) is 11.8. The monoisotopic (exact) mass is 452 g/mol. The second-order valence-corrected chi connectivity index (χ2v) is 8.79. The molecular weight excluding hydrogens is 428 g/mol. The first-order chi connectivity index (χ1) is 14.3. The first-order valence-corrected chi connectivity index (χ1v) is 11.4. The molecule has 0 radical (unpaired) electrons. The summed E-state index contributed by atoms with van der Waals surface area (Å²) in [5, 5.41) is 8.79. The van der Waals surface area contributed by atoms with Crippen LogP contribution in [0.1, 0.15) is 5.56 Å². The maximum atomic E-state index is 10.9. The number of fused-ring (bicyclic) bond motifs is 1. The standard InChI is InChI=1S/C17H24N8O3S2/c1-11-3-4-12(28-2)9-13(11)29-17-24-14-15(18)21-10-22-16(14)25(17)8-7-20-5-6-23-30(19,26)27/h3-4,9-10,20,23H,5-8H2,1-2H3,(H2,18,21,22)(H2,19,26,27). The molecule has 162 valence electrons. The van der Waals surface area contributed by atoms with Crippen molar-refractivity contribution >= 4 is 39.0 Å². The molecule has 0 spiro atoms. The topological polar surface area (TPSA) is 163 Å². The van der Waals surface area contributed by atoms with E-state index in [1.54, 1.807) is 7.11 Å². The lowest BCUT2D eigenvalue weighted by Crippen LogP contribution is -2.36. The summed E-state index contributed by atoms with van der Waals surface area (Å²) in [4.78, 5) is 14.0. The van der Waals surface area contributed by atoms with E-state index in [-0.39, 0.29) is 6.54 Å². The number of methoxy groups -OCH3 is 1. The number of rotatable bonds is 10. The van der Waals surface area contributed by atoms with Crippen molar-refractivity contribution in [2.24, 2.45) is 5.14 Å². The zero-order valence-electron chi connectivity index (χ0n) is 16.6. The molecule has 0 amide bonds. The number of hydrogen-bond acceptors (Lipinski definition) is 9. The molecule has 1 aromatic carbocycles. The number of aromatic nitrogens is 4. The average Bonchev–Trinajstić information content (AvgIpc) is 3.04. The van der Waals surface area contributed by atoms with E-state index in [0.29, 0.717) is 36.6 Å². The van der Waals surface area contributed by atoms with Crippen LogP contribution >= 0.6 is 11.8 Å². The Bertz CT molecular complexity index is 1130. The van der Waals surface area contributed by atoms with Crippen LogP contribution < -0.4 is 25.6 Å². The zero-order valence-corrected chi connectivity index (χ0v) is 18.3. The first-order valence-electron chi connectivity index (χ1n) is 9.06. The lowest BCUT2D eigenvalue weighted by Gasteiger charge is -2.11. The summed E-state index contributed by atoms with van der Waals surface area (Å²) in [6, 6.07) is 5.85. The Labute approximate surface area is 178 Å². The van der Waals surface area contributed by atoms with Gasteiger partial charge in [0.05, 0.1) is 7.11 Å². The Kier molecular flexibility index (Phi) is 7.10. The number of nitrogen functional groups attached to an aromatic ring is 1. The predicted molar refractivity (Wildman–Crippen MR) is 116 cm³/mol. The van der Waals surface area contributed by atoms with Crippen molar-refractivity contribution in [1.29, 1.82) is 0 Å². The van der Waals surface area contributed by atoms with Crippen LogP contribution in [0.4, 0.5) is 5.82 Å². The fourth-order valence-electron chi connectivity index (χ4n) is 2.73. The molecular formula is C17H24N8O3S2. The number of anilines is 1. The fraction of sp³-hybridized carbons (Fsp3) is 0.353. The summed E-state index contributed by atoms with van der Waals surface area (Å²) in [5.41, 5.74) is 8.25. The molecule has 0 aliphatic rings. The van der Waals surface area contributed by atoms with Crippen LogP contribution in [0.25, 0.3) is 11.2 Å². The van der Waals surface area contributed by atoms with Crippen LogP contribution in [0.15, 0.2) is 34.6 Å². The molecule has 0 fully saturated rings. The minimum absolute atomic E-state index is 0.198. The van der Waals surface area contributed by atoms with E-state index in [1.807, 2.05) is 29.7 Å². The van der Waals surface area contributed by atoms with Gasteiger partial charge in [0, 0.05) is 31.1 Å². The summed E-state index contributed by atoms with van der Waals surface area (Å²) in [7, 11) is -2.06. The number of hydrogen-bond donors (Lipinski definition) is 4. The van der Waals surface area contributed by atoms with Gasteiger partial charge >= 0.3 is 0 Å². The van der Waals surface area contributed by atoms with Gasteiger partial charge in [0.15, 0.2) is 22.1 Å². The van der Waals surface area contributed by atoms with Gasteiger partial charge in [-0.05, 0) is 24.6 Å². The molecule has 30 heavy (non-hydrogen) atoms. The van der Waals surface area contributed by atoms with Crippen molar-refractivity contribution in [3.8, 4) is 5.75 Å². The molecule has 6 N–H and O–H groups in total. The van der Waals surface area contributed by atoms with Gasteiger partial charge in [0.1, 0.15) is 12.1 Å². The van der Waals surface area contributed by atoms with Crippen molar-refractivity contribution in [2.45, 2.75) is 23.5 Å². The van der Waals surface area contributed by atoms with E-state index >= 15 is 0 Å². The molecule has 13 heteroatoms. The van der Waals surface area contributed by atoms with Crippen LogP contribution in [0.2, 0.25) is 0 Å². The fourth-order valence-corrected chi connectivity index (χ4v) is 4.14. The van der Waals surface area contributed by atoms with Crippen LogP contribution in [-0.4, -0.2) is 54.7 Å². The van der Waals surface area contributed by atoms with E-state index in [4.69, 9.17) is 15.6 Å². The minimum Gasteiger partial charge on any atom is -0.497 e. The van der Waals surface area contributed by atoms with Gasteiger partial charge in [-0.25, -0.2) is 24.8 Å². The van der Waals surface area contributed by atoms with Gasteiger partial charge < -0.3 is 20.4 Å². The van der Waals surface area contributed by atoms with E-state index < -0.39 is 10.2 Å². The third kappa shape index (κ3) is 5.58. The molecule has 0 saturated heterocycles. The highest BCUT2D eigenvalue weighted by Gasteiger charge is 2.17. The van der Waals surface area contributed by atoms with E-state index in [1.165, 1.54) is 18.1 Å². The van der Waals surface area contributed by atoms with Crippen LogP contribution in [0.5, 0.6) is 5.75 Å². The molecule has 2 aromatic heterocycles. The Morgan fingerprint density at radius 3 is 2.77 bits per heavy atom.